The molecule has 0 N–H and O–H groups in total. The minimum Gasteiger partial charge on any atom is -0.237 e. The Morgan fingerprint density at radius 3 is 2.57 bits per heavy atom. The van der Waals surface area contributed by atoms with Gasteiger partial charge in [-0.1, -0.05) is 26.7 Å². The fraction of sp³-hybridized carbons (Fsp3) is 0.750. The molecule has 80 valence electrons. The van der Waals surface area contributed by atoms with Crippen LogP contribution in [0.1, 0.15) is 45.2 Å². The van der Waals surface area contributed by atoms with Gasteiger partial charge in [-0.2, -0.15) is 0 Å². The van der Waals surface area contributed by atoms with Crippen LogP contribution in [-0.2, 0) is 13.1 Å². The van der Waals surface area contributed by atoms with Crippen molar-refractivity contribution in [2.75, 3.05) is 0 Å². The van der Waals surface area contributed by atoms with E-state index in [1.165, 1.54) is 37.9 Å². The zero-order valence-corrected chi connectivity index (χ0v) is 9.79. The van der Waals surface area contributed by atoms with Crippen LogP contribution in [0.5, 0.6) is 0 Å². The average molecular weight is 195 g/mol. The monoisotopic (exact) mass is 195 g/mol. The van der Waals surface area contributed by atoms with Gasteiger partial charge in [0.25, 0.3) is 0 Å². The third-order valence-corrected chi connectivity index (χ3v) is 2.62. The summed E-state index contributed by atoms with van der Waals surface area (Å²) in [7, 11) is 0. The van der Waals surface area contributed by atoms with E-state index in [2.05, 4.69) is 42.4 Å². The van der Waals surface area contributed by atoms with E-state index in [1.54, 1.807) is 0 Å². The van der Waals surface area contributed by atoms with Crippen molar-refractivity contribution in [1.29, 1.82) is 0 Å². The maximum Gasteiger partial charge on any atom is 0.243 e. The summed E-state index contributed by atoms with van der Waals surface area (Å²) in [5, 5.41) is 0. The molecule has 2 nitrogen and oxygen atoms in total. The lowest BCUT2D eigenvalue weighted by Gasteiger charge is -1.95. The fourth-order valence-corrected chi connectivity index (χ4v) is 1.64. The van der Waals surface area contributed by atoms with E-state index in [4.69, 9.17) is 0 Å². The first-order valence-electron chi connectivity index (χ1n) is 5.83. The van der Waals surface area contributed by atoms with E-state index < -0.39 is 0 Å². The molecule has 1 heterocycles. The zero-order chi connectivity index (χ0) is 10.4. The predicted molar refractivity (Wildman–Crippen MR) is 59.2 cm³/mol. The highest BCUT2D eigenvalue weighted by Crippen LogP contribution is 1.99. The van der Waals surface area contributed by atoms with Gasteiger partial charge in [-0.05, 0) is 12.8 Å². The lowest BCUT2D eigenvalue weighted by molar-refractivity contribution is -0.697. The second kappa shape index (κ2) is 5.84. The topological polar surface area (TPSA) is 8.81 Å². The van der Waals surface area contributed by atoms with Crippen molar-refractivity contribution in [1.82, 2.24) is 4.57 Å². The van der Waals surface area contributed by atoms with E-state index >= 15 is 0 Å². The van der Waals surface area contributed by atoms with Gasteiger partial charge in [0.15, 0.2) is 0 Å². The summed E-state index contributed by atoms with van der Waals surface area (Å²) in [5.41, 5.74) is 1.38. The highest BCUT2D eigenvalue weighted by molar-refractivity contribution is 4.88. The first-order valence-corrected chi connectivity index (χ1v) is 5.83. The van der Waals surface area contributed by atoms with Crippen molar-refractivity contribution in [2.24, 2.45) is 0 Å². The molecule has 1 rings (SSSR count). The van der Waals surface area contributed by atoms with E-state index in [1.807, 2.05) is 0 Å². The van der Waals surface area contributed by atoms with Gasteiger partial charge >= 0.3 is 0 Å². The summed E-state index contributed by atoms with van der Waals surface area (Å²) in [6.45, 7) is 9.00. The third kappa shape index (κ3) is 3.17. The standard InChI is InChI=1S/C12H23N2/c1-4-6-8-13-10-12(3)14(11-13)9-7-5-2/h10-11H,4-9H2,1-3H3/q+1. The van der Waals surface area contributed by atoms with Crippen LogP contribution in [0.4, 0.5) is 0 Å². The molecule has 0 radical (unpaired) electrons. The highest BCUT2D eigenvalue weighted by Gasteiger charge is 2.07. The van der Waals surface area contributed by atoms with Crippen LogP contribution in [0.2, 0.25) is 0 Å². The minimum absolute atomic E-state index is 1.16. The smallest absolute Gasteiger partial charge is 0.237 e. The van der Waals surface area contributed by atoms with Crippen LogP contribution in [0.15, 0.2) is 12.5 Å². The maximum absolute atomic E-state index is 2.36. The van der Waals surface area contributed by atoms with Gasteiger partial charge in [0.05, 0.1) is 13.1 Å². The summed E-state index contributed by atoms with van der Waals surface area (Å²) in [6.07, 6.45) is 9.61. The third-order valence-electron chi connectivity index (χ3n) is 2.62. The molecule has 0 unspecified atom stereocenters. The SMILES string of the molecule is CCCCn1c[n+](CCCC)cc1C. The first kappa shape index (κ1) is 11.3. The number of hydrogen-bond donors (Lipinski definition) is 0. The molecule has 0 bridgehead atoms. The molecule has 0 amide bonds. The second-order valence-electron chi connectivity index (χ2n) is 4.02. The molecule has 0 fully saturated rings. The van der Waals surface area contributed by atoms with Gasteiger partial charge < -0.3 is 0 Å². The average Bonchev–Trinajstić information content (AvgIpc) is 2.53. The van der Waals surface area contributed by atoms with Gasteiger partial charge in [-0.15, -0.1) is 0 Å². The highest BCUT2D eigenvalue weighted by atomic mass is 15.1. The lowest BCUT2D eigenvalue weighted by atomic mass is 10.3. The largest absolute Gasteiger partial charge is 0.243 e. The molecule has 0 saturated heterocycles. The van der Waals surface area contributed by atoms with Crippen LogP contribution in [-0.4, -0.2) is 4.57 Å². The molecule has 0 saturated carbocycles. The molecule has 0 aliphatic rings. The summed E-state index contributed by atoms with van der Waals surface area (Å²) in [6, 6.07) is 0. The maximum atomic E-state index is 2.36. The second-order valence-corrected chi connectivity index (χ2v) is 4.02. The number of aryl methyl sites for hydroxylation is 3. The molecule has 2 heteroatoms. The van der Waals surface area contributed by atoms with Gasteiger partial charge in [-0.25, -0.2) is 9.13 Å². The number of hydrogen-bond acceptors (Lipinski definition) is 0. The number of aromatic nitrogens is 2. The van der Waals surface area contributed by atoms with Crippen LogP contribution < -0.4 is 4.57 Å². The zero-order valence-electron chi connectivity index (χ0n) is 9.79. The molecule has 0 aromatic carbocycles. The summed E-state index contributed by atoms with van der Waals surface area (Å²) in [4.78, 5) is 0. The Kier molecular flexibility index (Phi) is 4.71. The Hall–Kier alpha value is -0.790. The normalized spacial score (nSPS) is 10.8. The number of unbranched alkanes of at least 4 members (excludes halogenated alkanes) is 2. The van der Waals surface area contributed by atoms with Gasteiger partial charge in [0, 0.05) is 6.92 Å². The Morgan fingerprint density at radius 1 is 1.21 bits per heavy atom. The molecule has 0 aliphatic heterocycles. The minimum atomic E-state index is 1.16. The van der Waals surface area contributed by atoms with Crippen molar-refractivity contribution in [3.63, 3.8) is 0 Å². The quantitative estimate of drug-likeness (QED) is 0.617. The molecular weight excluding hydrogens is 172 g/mol. The summed E-state index contributed by atoms with van der Waals surface area (Å²) < 4.78 is 4.67. The van der Waals surface area contributed by atoms with Crippen molar-refractivity contribution >= 4 is 0 Å². The van der Waals surface area contributed by atoms with Crippen LogP contribution in [0, 0.1) is 6.92 Å². The molecular formula is C12H23N2+. The number of rotatable bonds is 6. The Morgan fingerprint density at radius 2 is 1.93 bits per heavy atom. The molecule has 0 atom stereocenters. The Bertz CT molecular complexity index is 263. The van der Waals surface area contributed by atoms with Gasteiger partial charge in [0.1, 0.15) is 11.9 Å². The predicted octanol–water partition coefficient (Wildman–Crippen LogP) is 2.68. The first-order chi connectivity index (χ1) is 6.77. The van der Waals surface area contributed by atoms with Crippen LogP contribution in [0.25, 0.3) is 0 Å². The Labute approximate surface area is 87.6 Å². The van der Waals surface area contributed by atoms with E-state index in [0.717, 1.165) is 6.54 Å². The fourth-order valence-electron chi connectivity index (χ4n) is 1.64. The molecule has 0 spiro atoms. The van der Waals surface area contributed by atoms with Crippen molar-refractivity contribution in [3.05, 3.63) is 18.2 Å². The van der Waals surface area contributed by atoms with E-state index in [-0.39, 0.29) is 0 Å². The van der Waals surface area contributed by atoms with E-state index in [0.29, 0.717) is 0 Å². The van der Waals surface area contributed by atoms with E-state index in [9.17, 15) is 0 Å². The summed E-state index contributed by atoms with van der Waals surface area (Å²) in [5.74, 6) is 0. The van der Waals surface area contributed by atoms with Crippen molar-refractivity contribution in [3.8, 4) is 0 Å². The van der Waals surface area contributed by atoms with Crippen LogP contribution >= 0.6 is 0 Å². The number of nitrogens with zero attached hydrogens (tertiary/aromatic N) is 2. The van der Waals surface area contributed by atoms with Crippen molar-refractivity contribution < 1.29 is 4.57 Å². The summed E-state index contributed by atoms with van der Waals surface area (Å²) >= 11 is 0. The lowest BCUT2D eigenvalue weighted by Crippen LogP contribution is -2.30. The molecule has 0 aliphatic carbocycles. The van der Waals surface area contributed by atoms with Gasteiger partial charge in [0.2, 0.25) is 6.33 Å². The molecule has 14 heavy (non-hydrogen) atoms. The van der Waals surface area contributed by atoms with Gasteiger partial charge in [-0.3, -0.25) is 0 Å². The molecule has 1 aromatic rings. The van der Waals surface area contributed by atoms with Crippen molar-refractivity contribution in [2.45, 2.75) is 59.5 Å². The number of imidazole rings is 1. The molecule has 1 aromatic heterocycles. The van der Waals surface area contributed by atoms with Crippen LogP contribution in [0.3, 0.4) is 0 Å². The Balaban J connectivity index is 2.53.